The summed E-state index contributed by atoms with van der Waals surface area (Å²) in [5.41, 5.74) is 3.23. The van der Waals surface area contributed by atoms with E-state index in [1.54, 1.807) is 5.57 Å². The topological polar surface area (TPSA) is 49.7 Å². The highest BCUT2D eigenvalue weighted by molar-refractivity contribution is 5.96. The zero-order valence-electron chi connectivity index (χ0n) is 16.8. The van der Waals surface area contributed by atoms with Crippen LogP contribution in [0.1, 0.15) is 84.5 Å². The Balaban J connectivity index is 1.75. The predicted molar refractivity (Wildman–Crippen MR) is 108 cm³/mol. The summed E-state index contributed by atoms with van der Waals surface area (Å²) in [6.45, 7) is 5.77. The van der Waals surface area contributed by atoms with Gasteiger partial charge in [-0.05, 0) is 87.5 Å². The third-order valence-electron chi connectivity index (χ3n) is 7.49. The van der Waals surface area contributed by atoms with Gasteiger partial charge in [-0.1, -0.05) is 19.4 Å². The molecular weight excluding hydrogens is 322 g/mol. The van der Waals surface area contributed by atoms with Gasteiger partial charge in [-0.25, -0.2) is 0 Å². The molecule has 3 aliphatic rings. The molecule has 0 bridgehead atoms. The van der Waals surface area contributed by atoms with Crippen LogP contribution in [0.15, 0.2) is 16.6 Å². The monoisotopic (exact) mass is 359 g/mol. The Morgan fingerprint density at radius 3 is 2.81 bits per heavy atom. The van der Waals surface area contributed by atoms with Crippen LogP contribution in [0.25, 0.3) is 0 Å². The molecule has 3 heteroatoms. The van der Waals surface area contributed by atoms with Crippen LogP contribution in [0.5, 0.6) is 0 Å². The van der Waals surface area contributed by atoms with Gasteiger partial charge < -0.3 is 5.11 Å². The van der Waals surface area contributed by atoms with Crippen molar-refractivity contribution in [2.75, 3.05) is 13.2 Å². The number of carbonyl (C=O) groups is 1. The Labute approximate surface area is 159 Å². The highest BCUT2D eigenvalue weighted by atomic mass is 16.2. The van der Waals surface area contributed by atoms with Crippen LogP contribution in [-0.2, 0) is 4.79 Å². The summed E-state index contributed by atoms with van der Waals surface area (Å²) in [6, 6.07) is 0. The fourth-order valence-electron chi connectivity index (χ4n) is 5.68. The number of Topliss-reactive ketones (excluding diaryl/α,β-unsaturated/α-hetero) is 1. The molecule has 0 radical (unpaired) electrons. The number of aliphatic hydroxyl groups is 1. The SMILES string of the molecule is CC1CCC2C(CCCC1=O)CCC1=CC(=NCCCCO)CCC12C. The maximum Gasteiger partial charge on any atom is 0.135 e. The normalized spacial score (nSPS) is 37.2. The molecule has 0 aromatic heterocycles. The van der Waals surface area contributed by atoms with Crippen molar-refractivity contribution >= 4 is 11.5 Å². The molecule has 2 fully saturated rings. The van der Waals surface area contributed by atoms with Gasteiger partial charge in [0, 0.05) is 31.2 Å². The number of ketones is 1. The smallest absolute Gasteiger partial charge is 0.135 e. The van der Waals surface area contributed by atoms with Crippen molar-refractivity contribution in [3.63, 3.8) is 0 Å². The number of hydrogen-bond donors (Lipinski definition) is 1. The molecular formula is C23H37NO2. The van der Waals surface area contributed by atoms with E-state index in [9.17, 15) is 4.79 Å². The first kappa shape index (κ1) is 19.8. The molecule has 0 spiro atoms. The largest absolute Gasteiger partial charge is 0.396 e. The van der Waals surface area contributed by atoms with E-state index in [0.29, 0.717) is 11.2 Å². The van der Waals surface area contributed by atoms with E-state index in [1.807, 2.05) is 0 Å². The van der Waals surface area contributed by atoms with Gasteiger partial charge in [-0.2, -0.15) is 0 Å². The van der Waals surface area contributed by atoms with Gasteiger partial charge in [0.05, 0.1) is 0 Å². The minimum atomic E-state index is 0.249. The summed E-state index contributed by atoms with van der Waals surface area (Å²) in [5.74, 6) is 2.29. The lowest BCUT2D eigenvalue weighted by molar-refractivity contribution is -0.122. The first-order chi connectivity index (χ1) is 12.5. The second kappa shape index (κ2) is 8.82. The van der Waals surface area contributed by atoms with Crippen molar-refractivity contribution in [1.82, 2.24) is 0 Å². The van der Waals surface area contributed by atoms with Crippen LogP contribution < -0.4 is 0 Å². The lowest BCUT2D eigenvalue weighted by Crippen LogP contribution is -2.41. The molecule has 0 aromatic rings. The average Bonchev–Trinajstić information content (AvgIpc) is 2.70. The van der Waals surface area contributed by atoms with Crippen LogP contribution in [0.4, 0.5) is 0 Å². The number of aliphatic hydroxyl groups excluding tert-OH is 1. The first-order valence-electron chi connectivity index (χ1n) is 10.9. The Morgan fingerprint density at radius 2 is 2.00 bits per heavy atom. The maximum atomic E-state index is 12.2. The van der Waals surface area contributed by atoms with E-state index < -0.39 is 0 Å². The number of nitrogens with zero attached hydrogens (tertiary/aromatic N) is 1. The van der Waals surface area contributed by atoms with E-state index in [4.69, 9.17) is 10.1 Å². The lowest BCUT2D eigenvalue weighted by Gasteiger charge is -2.50. The second-order valence-electron chi connectivity index (χ2n) is 9.13. The average molecular weight is 360 g/mol. The summed E-state index contributed by atoms with van der Waals surface area (Å²) in [6.07, 6.45) is 14.5. The van der Waals surface area contributed by atoms with Gasteiger partial charge in [0.2, 0.25) is 0 Å². The summed E-state index contributed by atoms with van der Waals surface area (Å²) in [5, 5.41) is 8.92. The molecule has 146 valence electrons. The lowest BCUT2D eigenvalue weighted by atomic mass is 9.54. The summed E-state index contributed by atoms with van der Waals surface area (Å²) in [4.78, 5) is 17.0. The molecule has 0 saturated heterocycles. The molecule has 3 nitrogen and oxygen atoms in total. The standard InChI is InChI=1S/C23H37NO2/c1-17-8-11-21-18(6-5-7-22(17)26)9-10-19-16-20(12-13-23(19,21)2)24-14-3-4-15-25/h16-18,21,25H,3-15H2,1-2H3. The number of fused-ring (bicyclic) bond motifs is 3. The predicted octanol–water partition coefficient (Wildman–Crippen LogP) is 5.12. The molecule has 0 aromatic carbocycles. The fraction of sp³-hybridized carbons (Fsp3) is 0.826. The Hall–Kier alpha value is -0.960. The minimum absolute atomic E-state index is 0.249. The van der Waals surface area contributed by atoms with Crippen molar-refractivity contribution in [2.24, 2.45) is 28.2 Å². The molecule has 3 aliphatic carbocycles. The molecule has 1 N–H and O–H groups in total. The first-order valence-corrected chi connectivity index (χ1v) is 10.9. The summed E-state index contributed by atoms with van der Waals surface area (Å²) >= 11 is 0. The highest BCUT2D eigenvalue weighted by Gasteiger charge is 2.46. The van der Waals surface area contributed by atoms with E-state index in [-0.39, 0.29) is 12.5 Å². The molecule has 26 heavy (non-hydrogen) atoms. The highest BCUT2D eigenvalue weighted by Crippen LogP contribution is 2.55. The Morgan fingerprint density at radius 1 is 1.15 bits per heavy atom. The van der Waals surface area contributed by atoms with Gasteiger partial charge in [0.15, 0.2) is 0 Å². The molecule has 0 heterocycles. The van der Waals surface area contributed by atoms with Crippen molar-refractivity contribution in [1.29, 1.82) is 0 Å². The van der Waals surface area contributed by atoms with E-state index in [1.165, 1.54) is 37.8 Å². The fourth-order valence-corrected chi connectivity index (χ4v) is 5.68. The Bertz CT molecular complexity index is 565. The van der Waals surface area contributed by atoms with Crippen LogP contribution in [0, 0.1) is 23.2 Å². The van der Waals surface area contributed by atoms with Gasteiger partial charge in [-0.15, -0.1) is 0 Å². The summed E-state index contributed by atoms with van der Waals surface area (Å²) < 4.78 is 0. The molecule has 0 aliphatic heterocycles. The number of carbonyl (C=O) groups excluding carboxylic acids is 1. The molecule has 4 atom stereocenters. The van der Waals surface area contributed by atoms with Crippen LogP contribution in [0.2, 0.25) is 0 Å². The maximum absolute atomic E-state index is 12.2. The van der Waals surface area contributed by atoms with E-state index in [0.717, 1.165) is 56.9 Å². The van der Waals surface area contributed by atoms with Crippen LogP contribution in [-0.4, -0.2) is 29.8 Å². The second-order valence-corrected chi connectivity index (χ2v) is 9.13. The quantitative estimate of drug-likeness (QED) is 0.708. The third-order valence-corrected chi connectivity index (χ3v) is 7.49. The molecule has 2 saturated carbocycles. The summed E-state index contributed by atoms with van der Waals surface area (Å²) in [7, 11) is 0. The van der Waals surface area contributed by atoms with Gasteiger partial charge in [0.25, 0.3) is 0 Å². The zero-order chi connectivity index (χ0) is 18.6. The number of unbranched alkanes of at least 4 members (excludes halogenated alkanes) is 1. The zero-order valence-corrected chi connectivity index (χ0v) is 16.8. The minimum Gasteiger partial charge on any atom is -0.396 e. The van der Waals surface area contributed by atoms with Crippen molar-refractivity contribution in [3.05, 3.63) is 11.6 Å². The van der Waals surface area contributed by atoms with Gasteiger partial charge in [-0.3, -0.25) is 9.79 Å². The van der Waals surface area contributed by atoms with E-state index in [2.05, 4.69) is 19.9 Å². The van der Waals surface area contributed by atoms with Crippen LogP contribution >= 0.6 is 0 Å². The van der Waals surface area contributed by atoms with Crippen molar-refractivity contribution in [3.8, 4) is 0 Å². The van der Waals surface area contributed by atoms with Gasteiger partial charge in [0.1, 0.15) is 5.78 Å². The Kier molecular flexibility index (Phi) is 6.71. The van der Waals surface area contributed by atoms with Crippen molar-refractivity contribution in [2.45, 2.75) is 84.5 Å². The van der Waals surface area contributed by atoms with E-state index >= 15 is 0 Å². The van der Waals surface area contributed by atoms with Crippen molar-refractivity contribution < 1.29 is 9.90 Å². The molecule has 3 rings (SSSR count). The molecule has 4 unspecified atom stereocenters. The number of hydrogen-bond acceptors (Lipinski definition) is 3. The number of allylic oxidation sites excluding steroid dienone is 2. The third kappa shape index (κ3) is 4.30. The van der Waals surface area contributed by atoms with Gasteiger partial charge >= 0.3 is 0 Å². The van der Waals surface area contributed by atoms with Crippen LogP contribution in [0.3, 0.4) is 0 Å². The number of aliphatic imine (C=N–C) groups is 1. The molecule has 0 amide bonds. The number of rotatable bonds is 4.